The molecule has 180 valence electrons. The summed E-state index contributed by atoms with van der Waals surface area (Å²) in [4.78, 5) is 18.5. The molecule has 35 heavy (non-hydrogen) atoms. The van der Waals surface area contributed by atoms with Crippen LogP contribution in [-0.4, -0.2) is 44.8 Å². The van der Waals surface area contributed by atoms with E-state index in [9.17, 15) is 4.79 Å². The minimum Gasteiger partial charge on any atom is -0.378 e. The number of allylic oxidation sites excluding steroid dienone is 1. The lowest BCUT2D eigenvalue weighted by Gasteiger charge is -2.30. The first-order valence-electron chi connectivity index (χ1n) is 12.1. The fourth-order valence-corrected chi connectivity index (χ4v) is 5.71. The van der Waals surface area contributed by atoms with E-state index in [1.807, 2.05) is 31.6 Å². The van der Waals surface area contributed by atoms with Crippen LogP contribution in [0, 0.1) is 5.92 Å². The Morgan fingerprint density at radius 3 is 2.23 bits per heavy atom. The zero-order valence-corrected chi connectivity index (χ0v) is 21.6. The minimum atomic E-state index is -0.0874. The molecule has 1 aromatic heterocycles. The van der Waals surface area contributed by atoms with Gasteiger partial charge in [0.05, 0.1) is 16.6 Å². The first-order valence-corrected chi connectivity index (χ1v) is 13.0. The third kappa shape index (κ3) is 4.63. The zero-order valence-electron chi connectivity index (χ0n) is 20.8. The highest BCUT2D eigenvalue weighted by molar-refractivity contribution is 7.12. The Kier molecular flexibility index (Phi) is 6.48. The summed E-state index contributed by atoms with van der Waals surface area (Å²) in [5.74, 6) is 0.184. The topological polar surface area (TPSA) is 39.1 Å². The number of hydrogen-bond acceptors (Lipinski definition) is 5. The quantitative estimate of drug-likeness (QED) is 0.426. The van der Waals surface area contributed by atoms with Crippen LogP contribution in [0.25, 0.3) is 6.08 Å². The molecule has 5 nitrogen and oxygen atoms in total. The molecule has 2 aliphatic rings. The van der Waals surface area contributed by atoms with Gasteiger partial charge in [-0.2, -0.15) is 5.10 Å². The summed E-state index contributed by atoms with van der Waals surface area (Å²) in [5, 5.41) is 8.73. The highest BCUT2D eigenvalue weighted by atomic mass is 32.1. The summed E-state index contributed by atoms with van der Waals surface area (Å²) in [6, 6.07) is 20.9. The molecule has 1 saturated carbocycles. The molecule has 0 spiro atoms. The van der Waals surface area contributed by atoms with Gasteiger partial charge in [-0.1, -0.05) is 30.3 Å². The Hall–Kier alpha value is -3.38. The molecule has 0 bridgehead atoms. The van der Waals surface area contributed by atoms with Gasteiger partial charge in [-0.05, 0) is 77.8 Å². The molecular weight excluding hydrogens is 452 g/mol. The average Bonchev–Trinajstić information content (AvgIpc) is 3.53. The Morgan fingerprint density at radius 1 is 0.971 bits per heavy atom. The van der Waals surface area contributed by atoms with Crippen LogP contribution in [0.5, 0.6) is 0 Å². The predicted octanol–water partition coefficient (Wildman–Crippen LogP) is 6.32. The standard InChI is InChI=1S/C29H32N4OS/c1-31(2)23-14-10-20(11-15-23)19-22-7-5-8-25-27(22)30-33(29(34)26-9-6-18-35-26)28(25)21-12-16-24(17-13-21)32(3)4/h6,9-19,25,28H,5,7-8H2,1-4H3/b22-19-/t25-,28+/m1/s1. The van der Waals surface area contributed by atoms with Gasteiger partial charge in [-0.15, -0.1) is 11.3 Å². The summed E-state index contributed by atoms with van der Waals surface area (Å²) >= 11 is 1.48. The smallest absolute Gasteiger partial charge is 0.284 e. The SMILES string of the molecule is CN(C)c1ccc(/C=C2/CCC[C@@H]3C2=NN(C(=O)c2cccs2)[C@H]3c2ccc(N(C)C)cc2)cc1. The lowest BCUT2D eigenvalue weighted by molar-refractivity contribution is 0.0686. The number of carbonyl (C=O) groups is 1. The second-order valence-corrected chi connectivity index (χ2v) is 10.6. The molecule has 0 radical (unpaired) electrons. The fraction of sp³-hybridized carbons (Fsp3) is 0.310. The molecule has 1 fully saturated rings. The van der Waals surface area contributed by atoms with Crippen molar-refractivity contribution in [3.63, 3.8) is 0 Å². The van der Waals surface area contributed by atoms with E-state index in [-0.39, 0.29) is 17.9 Å². The number of hydrogen-bond donors (Lipinski definition) is 0. The first-order chi connectivity index (χ1) is 16.9. The van der Waals surface area contributed by atoms with Gasteiger partial charge in [0.25, 0.3) is 5.91 Å². The molecule has 3 aromatic rings. The molecule has 1 amide bonds. The van der Waals surface area contributed by atoms with Crippen LogP contribution in [-0.2, 0) is 0 Å². The van der Waals surface area contributed by atoms with Crippen LogP contribution in [0.1, 0.15) is 46.1 Å². The van der Waals surface area contributed by atoms with Crippen molar-refractivity contribution in [1.29, 1.82) is 0 Å². The molecule has 6 heteroatoms. The van der Waals surface area contributed by atoms with E-state index in [0.717, 1.165) is 41.1 Å². The van der Waals surface area contributed by atoms with E-state index >= 15 is 0 Å². The van der Waals surface area contributed by atoms with Crippen LogP contribution >= 0.6 is 11.3 Å². The summed E-state index contributed by atoms with van der Waals surface area (Å²) in [6.45, 7) is 0. The highest BCUT2D eigenvalue weighted by Crippen LogP contribution is 2.45. The van der Waals surface area contributed by atoms with Crippen molar-refractivity contribution in [1.82, 2.24) is 5.01 Å². The summed E-state index contributed by atoms with van der Waals surface area (Å²) in [6.07, 6.45) is 5.37. The molecule has 0 saturated heterocycles. The summed E-state index contributed by atoms with van der Waals surface area (Å²) in [5.41, 5.74) is 6.95. The van der Waals surface area contributed by atoms with Crippen molar-refractivity contribution in [2.24, 2.45) is 11.0 Å². The number of rotatable bonds is 5. The van der Waals surface area contributed by atoms with E-state index in [2.05, 4.69) is 78.5 Å². The van der Waals surface area contributed by atoms with Crippen molar-refractivity contribution < 1.29 is 4.79 Å². The highest BCUT2D eigenvalue weighted by Gasteiger charge is 2.44. The second kappa shape index (κ2) is 9.70. The van der Waals surface area contributed by atoms with Crippen molar-refractivity contribution in [2.75, 3.05) is 38.0 Å². The number of anilines is 2. The minimum absolute atomic E-state index is 0.0155. The number of nitrogens with zero attached hydrogens (tertiary/aromatic N) is 4. The lowest BCUT2D eigenvalue weighted by Crippen LogP contribution is -2.31. The van der Waals surface area contributed by atoms with Crippen molar-refractivity contribution >= 4 is 40.4 Å². The van der Waals surface area contributed by atoms with Gasteiger partial charge in [0.15, 0.2) is 0 Å². The number of benzene rings is 2. The maximum atomic E-state index is 13.6. The summed E-state index contributed by atoms with van der Waals surface area (Å²) in [7, 11) is 8.19. The van der Waals surface area contributed by atoms with Gasteiger partial charge in [-0.3, -0.25) is 4.79 Å². The van der Waals surface area contributed by atoms with Crippen molar-refractivity contribution in [3.05, 3.63) is 87.6 Å². The number of carbonyl (C=O) groups excluding carboxylic acids is 1. The van der Waals surface area contributed by atoms with Gasteiger partial charge >= 0.3 is 0 Å². The fourth-order valence-electron chi connectivity index (χ4n) is 5.05. The van der Waals surface area contributed by atoms with Crippen LogP contribution in [0.3, 0.4) is 0 Å². The van der Waals surface area contributed by atoms with Crippen LogP contribution in [0.15, 0.2) is 76.7 Å². The van der Waals surface area contributed by atoms with Crippen molar-refractivity contribution in [3.8, 4) is 0 Å². The Balaban J connectivity index is 1.53. The van der Waals surface area contributed by atoms with Gasteiger partial charge < -0.3 is 9.80 Å². The number of hydrazone groups is 1. The van der Waals surface area contributed by atoms with Gasteiger partial charge in [0, 0.05) is 45.5 Å². The van der Waals surface area contributed by atoms with Crippen molar-refractivity contribution in [2.45, 2.75) is 25.3 Å². The monoisotopic (exact) mass is 484 g/mol. The average molecular weight is 485 g/mol. The molecule has 2 heterocycles. The number of thiophene rings is 1. The van der Waals surface area contributed by atoms with E-state index in [0.29, 0.717) is 0 Å². The largest absolute Gasteiger partial charge is 0.378 e. The molecule has 0 N–H and O–H groups in total. The maximum Gasteiger partial charge on any atom is 0.284 e. The molecule has 5 rings (SSSR count). The Bertz CT molecular complexity index is 1240. The molecule has 2 atom stereocenters. The van der Waals surface area contributed by atoms with Gasteiger partial charge in [-0.25, -0.2) is 5.01 Å². The molecule has 1 aliphatic heterocycles. The molecule has 0 unspecified atom stereocenters. The Labute approximate surface area is 212 Å². The number of amides is 1. The predicted molar refractivity (Wildman–Crippen MR) is 148 cm³/mol. The summed E-state index contributed by atoms with van der Waals surface area (Å²) < 4.78 is 0. The normalized spacial score (nSPS) is 20.5. The van der Waals surface area contributed by atoms with E-state index < -0.39 is 0 Å². The molecule has 1 aliphatic carbocycles. The first kappa shape index (κ1) is 23.4. The van der Waals surface area contributed by atoms with Gasteiger partial charge in [0.2, 0.25) is 0 Å². The Morgan fingerprint density at radius 2 is 1.63 bits per heavy atom. The maximum absolute atomic E-state index is 13.6. The van der Waals surface area contributed by atoms with E-state index in [4.69, 9.17) is 5.10 Å². The molecule has 2 aromatic carbocycles. The van der Waals surface area contributed by atoms with Gasteiger partial charge in [0.1, 0.15) is 0 Å². The van der Waals surface area contributed by atoms with Crippen LogP contribution in [0.2, 0.25) is 0 Å². The van der Waals surface area contributed by atoms with Crippen LogP contribution in [0.4, 0.5) is 11.4 Å². The molecular formula is C29H32N4OS. The van der Waals surface area contributed by atoms with Crippen LogP contribution < -0.4 is 9.80 Å². The lowest BCUT2D eigenvalue weighted by atomic mass is 9.77. The second-order valence-electron chi connectivity index (χ2n) is 9.70. The van der Waals surface area contributed by atoms with E-state index in [1.54, 1.807) is 5.01 Å². The third-order valence-corrected chi connectivity index (χ3v) is 7.80. The third-order valence-electron chi connectivity index (χ3n) is 6.94. The zero-order chi connectivity index (χ0) is 24.5. The van der Waals surface area contributed by atoms with E-state index in [1.165, 1.54) is 28.2 Å². The number of fused-ring (bicyclic) bond motifs is 1.